The molecule has 42 heavy (non-hydrogen) atoms. The van der Waals surface area contributed by atoms with E-state index in [0.717, 1.165) is 46.4 Å². The molecule has 0 radical (unpaired) electrons. The van der Waals surface area contributed by atoms with Gasteiger partial charge in [0.2, 0.25) is 5.78 Å². The molecule has 0 saturated heterocycles. The Labute approximate surface area is 243 Å². The van der Waals surface area contributed by atoms with Crippen LogP contribution in [-0.2, 0) is 6.42 Å². The van der Waals surface area contributed by atoms with Gasteiger partial charge >= 0.3 is 0 Å². The molecule has 0 saturated carbocycles. The van der Waals surface area contributed by atoms with E-state index >= 15 is 0 Å². The van der Waals surface area contributed by atoms with E-state index in [9.17, 15) is 0 Å². The number of fused-ring (bicyclic) bond motifs is 8. The van der Waals surface area contributed by atoms with Gasteiger partial charge in [-0.1, -0.05) is 72.3 Å². The van der Waals surface area contributed by atoms with Gasteiger partial charge in [0.05, 0.1) is 27.6 Å². The average Bonchev–Trinajstić information content (AvgIpc) is 3.68. The molecule has 0 atom stereocenters. The van der Waals surface area contributed by atoms with Crippen LogP contribution >= 0.6 is 0 Å². The number of aryl methyl sites for hydroxylation is 2. The molecule has 3 heterocycles. The summed E-state index contributed by atoms with van der Waals surface area (Å²) in [5.41, 5.74) is 14.5. The smallest absolute Gasteiger partial charge is 0.220 e. The molecule has 0 spiro atoms. The molecule has 4 heteroatoms. The molecule has 1 aliphatic carbocycles. The lowest BCUT2D eigenvalue weighted by atomic mass is 10.0. The van der Waals surface area contributed by atoms with Crippen molar-refractivity contribution in [3.63, 3.8) is 0 Å². The summed E-state index contributed by atoms with van der Waals surface area (Å²) < 4.78 is 7.04. The van der Waals surface area contributed by atoms with Gasteiger partial charge in [0.25, 0.3) is 0 Å². The number of rotatable bonds is 3. The Hall–Kier alpha value is -5.35. The van der Waals surface area contributed by atoms with Crippen molar-refractivity contribution in [3.8, 4) is 22.5 Å². The van der Waals surface area contributed by atoms with Gasteiger partial charge in [0, 0.05) is 22.5 Å². The van der Waals surface area contributed by atoms with Gasteiger partial charge in [-0.15, -0.1) is 0 Å². The summed E-state index contributed by atoms with van der Waals surface area (Å²) in [6, 6.07) is 41.6. The van der Waals surface area contributed by atoms with Crippen LogP contribution in [0.15, 0.2) is 121 Å². The molecule has 0 unspecified atom stereocenters. The Kier molecular flexibility index (Phi) is 4.91. The van der Waals surface area contributed by atoms with Gasteiger partial charge in [0.15, 0.2) is 0 Å². The summed E-state index contributed by atoms with van der Waals surface area (Å²) >= 11 is 0. The Balaban J connectivity index is 1.29. The number of hydrogen-bond donors (Lipinski definition) is 0. The topological polar surface area (TPSA) is 27.2 Å². The first-order valence-corrected chi connectivity index (χ1v) is 14.6. The zero-order chi connectivity index (χ0) is 27.8. The van der Waals surface area contributed by atoms with Gasteiger partial charge < -0.3 is 4.57 Å². The van der Waals surface area contributed by atoms with Crippen molar-refractivity contribution in [1.29, 1.82) is 0 Å². The first kappa shape index (κ1) is 23.4. The number of nitrogens with zero attached hydrogens (tertiary/aromatic N) is 4. The number of para-hydroxylation sites is 4. The van der Waals surface area contributed by atoms with Crippen LogP contribution in [0.2, 0.25) is 0 Å². The van der Waals surface area contributed by atoms with E-state index in [1.165, 1.54) is 44.5 Å². The molecule has 0 amide bonds. The van der Waals surface area contributed by atoms with Gasteiger partial charge in [-0.05, 0) is 97.1 Å². The fourth-order valence-electron chi connectivity index (χ4n) is 6.90. The van der Waals surface area contributed by atoms with Crippen molar-refractivity contribution in [2.24, 2.45) is 0 Å². The minimum absolute atomic E-state index is 0.941. The van der Waals surface area contributed by atoms with Gasteiger partial charge in [-0.3, -0.25) is 8.97 Å². The fourth-order valence-corrected chi connectivity index (χ4v) is 6.90. The second-order valence-corrected chi connectivity index (χ2v) is 11.3. The lowest BCUT2D eigenvalue weighted by Crippen LogP contribution is -2.00. The van der Waals surface area contributed by atoms with E-state index in [1.54, 1.807) is 0 Å². The van der Waals surface area contributed by atoms with E-state index < -0.39 is 0 Å². The number of hydrogen-bond acceptors (Lipinski definition) is 1. The summed E-state index contributed by atoms with van der Waals surface area (Å²) in [6.45, 7) is 2.15. The Bertz CT molecular complexity index is 2380. The largest absolute Gasteiger partial charge is 0.310 e. The van der Waals surface area contributed by atoms with Crippen molar-refractivity contribution in [2.45, 2.75) is 19.8 Å². The van der Waals surface area contributed by atoms with E-state index in [1.807, 2.05) is 0 Å². The number of imidazole rings is 2. The lowest BCUT2D eigenvalue weighted by molar-refractivity contribution is 0.967. The average molecular weight is 541 g/mol. The zero-order valence-corrected chi connectivity index (χ0v) is 23.3. The van der Waals surface area contributed by atoms with Crippen molar-refractivity contribution in [1.82, 2.24) is 18.5 Å². The second-order valence-electron chi connectivity index (χ2n) is 11.3. The maximum absolute atomic E-state index is 5.10. The molecule has 4 nitrogen and oxygen atoms in total. The van der Waals surface area contributed by atoms with Gasteiger partial charge in [-0.25, -0.2) is 4.98 Å². The number of aromatic nitrogens is 4. The zero-order valence-electron chi connectivity index (χ0n) is 23.3. The van der Waals surface area contributed by atoms with Crippen LogP contribution < -0.4 is 0 Å². The molecule has 9 rings (SSSR count). The molecule has 1 aliphatic rings. The Morgan fingerprint density at radius 3 is 2.26 bits per heavy atom. The molecule has 0 fully saturated rings. The normalized spacial score (nSPS) is 13.1. The molecule has 0 N–H and O–H groups in total. The lowest BCUT2D eigenvalue weighted by Gasteiger charge is -2.13. The molecule has 0 bridgehead atoms. The van der Waals surface area contributed by atoms with Crippen LogP contribution in [0.25, 0.3) is 67.3 Å². The van der Waals surface area contributed by atoms with Crippen LogP contribution in [-0.4, -0.2) is 18.5 Å². The number of benzene rings is 5. The molecule has 3 aromatic heterocycles. The second kappa shape index (κ2) is 8.82. The first-order chi connectivity index (χ1) is 20.7. The van der Waals surface area contributed by atoms with E-state index in [4.69, 9.17) is 4.98 Å². The monoisotopic (exact) mass is 540 g/mol. The highest BCUT2D eigenvalue weighted by Gasteiger charge is 2.21. The third kappa shape index (κ3) is 3.32. The van der Waals surface area contributed by atoms with Gasteiger partial charge in [0.1, 0.15) is 0 Å². The van der Waals surface area contributed by atoms with Crippen LogP contribution in [0.3, 0.4) is 0 Å². The summed E-state index contributed by atoms with van der Waals surface area (Å²) in [6.07, 6.45) is 6.71. The van der Waals surface area contributed by atoms with Crippen molar-refractivity contribution in [2.75, 3.05) is 0 Å². The van der Waals surface area contributed by atoms with Crippen LogP contribution in [0.1, 0.15) is 23.2 Å². The fraction of sp³-hybridized carbons (Fsp3) is 0.0789. The first-order valence-electron chi connectivity index (χ1n) is 14.6. The Morgan fingerprint density at radius 2 is 1.38 bits per heavy atom. The SMILES string of the molecule is Cc1cccc(-c2cccc(-n3c4c(c5cc(-n6c7ccccc7n7c8ccccc8nc67)ccc53)CCC=C4)c2)c1. The Morgan fingerprint density at radius 1 is 0.619 bits per heavy atom. The predicted octanol–water partition coefficient (Wildman–Crippen LogP) is 9.31. The maximum Gasteiger partial charge on any atom is 0.220 e. The molecule has 8 aromatic rings. The number of allylic oxidation sites excluding steroid dienone is 1. The van der Waals surface area contributed by atoms with Crippen molar-refractivity contribution < 1.29 is 0 Å². The standard InChI is InChI=1S/C38H28N4/c1-25-10-8-11-26(22-25)27-12-9-13-28(23-27)40-33-16-4-2-14-30(33)31-24-29(20-21-34(31)40)41-36-18-6-7-19-37(36)42-35-17-5-3-15-32(35)39-38(41)42/h3-13,15-24H,2,14H2,1H3. The van der Waals surface area contributed by atoms with Crippen LogP contribution in [0.4, 0.5) is 0 Å². The van der Waals surface area contributed by atoms with Crippen LogP contribution in [0, 0.1) is 6.92 Å². The van der Waals surface area contributed by atoms with Crippen molar-refractivity contribution >= 4 is 44.8 Å². The molecule has 200 valence electrons. The predicted molar refractivity (Wildman–Crippen MR) is 174 cm³/mol. The summed E-state index contributed by atoms with van der Waals surface area (Å²) in [5, 5.41) is 1.31. The third-order valence-electron chi connectivity index (χ3n) is 8.75. The molecule has 0 aliphatic heterocycles. The maximum atomic E-state index is 5.10. The molecular formula is C38H28N4. The summed E-state index contributed by atoms with van der Waals surface area (Å²) in [7, 11) is 0. The quantitative estimate of drug-likeness (QED) is 0.219. The van der Waals surface area contributed by atoms with Crippen molar-refractivity contribution in [3.05, 3.63) is 138 Å². The third-order valence-corrected chi connectivity index (χ3v) is 8.75. The van der Waals surface area contributed by atoms with Crippen LogP contribution in [0.5, 0.6) is 0 Å². The van der Waals surface area contributed by atoms with E-state index in [-0.39, 0.29) is 0 Å². The minimum Gasteiger partial charge on any atom is -0.310 e. The highest BCUT2D eigenvalue weighted by Crippen LogP contribution is 2.37. The molecule has 5 aromatic carbocycles. The van der Waals surface area contributed by atoms with Gasteiger partial charge in [-0.2, -0.15) is 0 Å². The van der Waals surface area contributed by atoms with E-state index in [2.05, 4.69) is 148 Å². The summed E-state index contributed by atoms with van der Waals surface area (Å²) in [4.78, 5) is 5.10. The van der Waals surface area contributed by atoms with E-state index in [0.29, 0.717) is 0 Å². The highest BCUT2D eigenvalue weighted by molar-refractivity contribution is 5.95. The minimum atomic E-state index is 0.941. The summed E-state index contributed by atoms with van der Waals surface area (Å²) in [5.74, 6) is 0.941. The highest BCUT2D eigenvalue weighted by atomic mass is 15.2. The molecular weight excluding hydrogens is 512 g/mol.